The van der Waals surface area contributed by atoms with E-state index in [9.17, 15) is 4.79 Å². The minimum atomic E-state index is -0.660. The molecule has 3 rings (SSSR count). The van der Waals surface area contributed by atoms with Crippen molar-refractivity contribution in [1.82, 2.24) is 10.2 Å². The molecule has 8 heteroatoms. The topological polar surface area (TPSA) is 83.7 Å². The number of esters is 1. The molecule has 2 aromatic heterocycles. The maximum atomic E-state index is 11.9. The molecule has 0 radical (unpaired) electrons. The van der Waals surface area contributed by atoms with Crippen LogP contribution in [0.5, 0.6) is 11.5 Å². The lowest BCUT2D eigenvalue weighted by atomic mass is 10.3. The molecule has 1 aromatic carbocycles. The van der Waals surface area contributed by atoms with Crippen molar-refractivity contribution in [2.75, 3.05) is 13.2 Å². The molecule has 0 N–H and O–H groups in total. The van der Waals surface area contributed by atoms with Crippen LogP contribution in [-0.2, 0) is 9.53 Å². The van der Waals surface area contributed by atoms with E-state index in [0.29, 0.717) is 18.2 Å². The highest BCUT2D eigenvalue weighted by Crippen LogP contribution is 2.26. The summed E-state index contributed by atoms with van der Waals surface area (Å²) in [6, 6.07) is 10.8. The molecule has 3 aromatic rings. The van der Waals surface area contributed by atoms with Gasteiger partial charge >= 0.3 is 5.97 Å². The fourth-order valence-corrected chi connectivity index (χ4v) is 2.77. The molecule has 0 aliphatic rings. The van der Waals surface area contributed by atoms with Crippen LogP contribution in [0.2, 0.25) is 0 Å². The molecule has 0 amide bonds. The molecule has 0 fully saturated rings. The number of ether oxygens (including phenoxy) is 3. The maximum absolute atomic E-state index is 11.9. The Bertz CT molecular complexity index is 830. The third kappa shape index (κ3) is 4.60. The molecule has 7 nitrogen and oxygen atoms in total. The number of nitrogens with zero attached hydrogens (tertiary/aromatic N) is 2. The van der Waals surface area contributed by atoms with Gasteiger partial charge in [-0.3, -0.25) is 0 Å². The summed E-state index contributed by atoms with van der Waals surface area (Å²) in [6.07, 6.45) is -0.660. The summed E-state index contributed by atoms with van der Waals surface area (Å²) in [5.74, 6) is 1.42. The number of thiophene rings is 1. The predicted octanol–water partition coefficient (Wildman–Crippen LogP) is 3.88. The van der Waals surface area contributed by atoms with E-state index >= 15 is 0 Å². The first-order valence-electron chi connectivity index (χ1n) is 8.08. The first kappa shape index (κ1) is 17.9. The smallest absolute Gasteiger partial charge is 0.344 e. The minimum absolute atomic E-state index is 0.218. The molecule has 0 aliphatic carbocycles. The molecular formula is C18H18N2O5S. The average Bonchev–Trinajstić information content (AvgIpc) is 3.32. The lowest BCUT2D eigenvalue weighted by Gasteiger charge is -2.10. The van der Waals surface area contributed by atoms with Crippen LogP contribution >= 0.6 is 11.3 Å². The van der Waals surface area contributed by atoms with Crippen LogP contribution in [-0.4, -0.2) is 29.4 Å². The van der Waals surface area contributed by atoms with Gasteiger partial charge in [0, 0.05) is 0 Å². The first-order chi connectivity index (χ1) is 12.7. The third-order valence-corrected chi connectivity index (χ3v) is 4.18. The van der Waals surface area contributed by atoms with Gasteiger partial charge in [-0.25, -0.2) is 4.79 Å². The van der Waals surface area contributed by atoms with E-state index in [4.69, 9.17) is 18.6 Å². The Kier molecular flexibility index (Phi) is 5.85. The van der Waals surface area contributed by atoms with Crippen LogP contribution < -0.4 is 9.47 Å². The van der Waals surface area contributed by atoms with Gasteiger partial charge in [0.15, 0.2) is 12.7 Å². The summed E-state index contributed by atoms with van der Waals surface area (Å²) >= 11 is 1.49. The van der Waals surface area contributed by atoms with Gasteiger partial charge in [0.25, 0.3) is 11.8 Å². The molecule has 0 bridgehead atoms. The number of benzene rings is 1. The highest BCUT2D eigenvalue weighted by molar-refractivity contribution is 7.13. The first-order valence-corrected chi connectivity index (χ1v) is 8.96. The molecule has 0 saturated carbocycles. The zero-order chi connectivity index (χ0) is 18.4. The Hall–Kier alpha value is -2.87. The molecule has 1 atom stereocenters. The molecule has 0 unspecified atom stereocenters. The van der Waals surface area contributed by atoms with Crippen molar-refractivity contribution >= 4 is 17.3 Å². The summed E-state index contributed by atoms with van der Waals surface area (Å²) in [5.41, 5.74) is 0. The predicted molar refractivity (Wildman–Crippen MR) is 95.2 cm³/mol. The van der Waals surface area contributed by atoms with Gasteiger partial charge in [0.05, 0.1) is 11.5 Å². The van der Waals surface area contributed by atoms with Crippen LogP contribution in [0.1, 0.15) is 25.8 Å². The van der Waals surface area contributed by atoms with E-state index in [2.05, 4.69) is 10.2 Å². The van der Waals surface area contributed by atoms with Gasteiger partial charge in [-0.2, -0.15) is 0 Å². The quantitative estimate of drug-likeness (QED) is 0.553. The Morgan fingerprint density at radius 2 is 1.88 bits per heavy atom. The van der Waals surface area contributed by atoms with E-state index in [0.717, 1.165) is 10.6 Å². The lowest BCUT2D eigenvalue weighted by molar-refractivity contribution is -0.152. The number of hydrogen-bond acceptors (Lipinski definition) is 8. The minimum Gasteiger partial charge on any atom is -0.494 e. The van der Waals surface area contributed by atoms with Crippen molar-refractivity contribution in [2.45, 2.75) is 20.0 Å². The highest BCUT2D eigenvalue weighted by atomic mass is 32.1. The zero-order valence-corrected chi connectivity index (χ0v) is 15.2. The Morgan fingerprint density at radius 1 is 1.15 bits per heavy atom. The van der Waals surface area contributed by atoms with Crippen molar-refractivity contribution < 1.29 is 23.4 Å². The fraction of sp³-hybridized carbons (Fsp3) is 0.278. The largest absolute Gasteiger partial charge is 0.494 e. The molecule has 0 saturated heterocycles. The van der Waals surface area contributed by atoms with Crippen molar-refractivity contribution in [3.05, 3.63) is 47.7 Å². The highest BCUT2D eigenvalue weighted by Gasteiger charge is 2.19. The van der Waals surface area contributed by atoms with Crippen molar-refractivity contribution in [1.29, 1.82) is 0 Å². The second-order valence-electron chi connectivity index (χ2n) is 5.25. The second-order valence-corrected chi connectivity index (χ2v) is 6.20. The van der Waals surface area contributed by atoms with Gasteiger partial charge < -0.3 is 18.6 Å². The molecule has 0 aliphatic heterocycles. The lowest BCUT2D eigenvalue weighted by Crippen LogP contribution is -2.17. The van der Waals surface area contributed by atoms with Crippen molar-refractivity contribution in [2.24, 2.45) is 0 Å². The van der Waals surface area contributed by atoms with E-state index in [1.807, 2.05) is 24.4 Å². The summed E-state index contributed by atoms with van der Waals surface area (Å²) in [6.45, 7) is 3.95. The van der Waals surface area contributed by atoms with Gasteiger partial charge in [0.2, 0.25) is 0 Å². The number of hydrogen-bond donors (Lipinski definition) is 0. The number of carbonyl (C=O) groups excluding carboxylic acids is 1. The van der Waals surface area contributed by atoms with Gasteiger partial charge in [-0.05, 0) is 49.6 Å². The zero-order valence-electron chi connectivity index (χ0n) is 14.4. The summed E-state index contributed by atoms with van der Waals surface area (Å²) < 4.78 is 21.6. The van der Waals surface area contributed by atoms with E-state index in [1.165, 1.54) is 11.3 Å². The fourth-order valence-electron chi connectivity index (χ4n) is 2.12. The van der Waals surface area contributed by atoms with Crippen LogP contribution in [0, 0.1) is 0 Å². The normalized spacial score (nSPS) is 11.8. The van der Waals surface area contributed by atoms with Crippen LogP contribution in [0.4, 0.5) is 0 Å². The number of carbonyl (C=O) groups is 1. The van der Waals surface area contributed by atoms with Crippen LogP contribution in [0.25, 0.3) is 10.8 Å². The third-order valence-electron chi connectivity index (χ3n) is 3.32. The Labute approximate surface area is 154 Å². The van der Waals surface area contributed by atoms with E-state index in [1.54, 1.807) is 31.2 Å². The molecule has 2 heterocycles. The summed E-state index contributed by atoms with van der Waals surface area (Å²) in [4.78, 5) is 12.8. The van der Waals surface area contributed by atoms with Gasteiger partial charge in [-0.1, -0.05) is 6.07 Å². The van der Waals surface area contributed by atoms with Crippen LogP contribution in [0.3, 0.4) is 0 Å². The monoisotopic (exact) mass is 374 g/mol. The summed E-state index contributed by atoms with van der Waals surface area (Å²) in [7, 11) is 0. The van der Waals surface area contributed by atoms with Crippen molar-refractivity contribution in [3.63, 3.8) is 0 Å². The Morgan fingerprint density at radius 3 is 2.54 bits per heavy atom. The number of aromatic nitrogens is 2. The van der Waals surface area contributed by atoms with E-state index in [-0.39, 0.29) is 12.5 Å². The van der Waals surface area contributed by atoms with Gasteiger partial charge in [-0.15, -0.1) is 21.5 Å². The van der Waals surface area contributed by atoms with E-state index < -0.39 is 12.1 Å². The summed E-state index contributed by atoms with van der Waals surface area (Å²) in [5, 5.41) is 9.81. The molecule has 136 valence electrons. The maximum Gasteiger partial charge on any atom is 0.344 e. The average molecular weight is 374 g/mol. The standard InChI is InChI=1S/C18H18N2O5S/c1-3-22-13-6-8-14(9-7-13)23-11-16(21)24-12(2)17-19-20-18(25-17)15-5-4-10-26-15/h4-10,12H,3,11H2,1-2H3/t12-/m0/s1. The molecular weight excluding hydrogens is 356 g/mol. The molecule has 26 heavy (non-hydrogen) atoms. The number of rotatable bonds is 8. The van der Waals surface area contributed by atoms with Crippen LogP contribution in [0.15, 0.2) is 46.2 Å². The Balaban J connectivity index is 1.49. The second kappa shape index (κ2) is 8.48. The van der Waals surface area contributed by atoms with Gasteiger partial charge in [0.1, 0.15) is 11.5 Å². The van der Waals surface area contributed by atoms with Crippen molar-refractivity contribution in [3.8, 4) is 22.3 Å². The SMILES string of the molecule is CCOc1ccc(OCC(=O)O[C@@H](C)c2nnc(-c3cccs3)o2)cc1. The molecule has 0 spiro atoms.